The third-order valence-electron chi connectivity index (χ3n) is 2.47. The molecule has 0 bridgehead atoms. The largest absolute Gasteiger partial charge is 0.439 e. The average Bonchev–Trinajstić information content (AvgIpc) is 2.39. The number of anilines is 1. The molecule has 106 valence electrons. The molecule has 1 aromatic carbocycles. The summed E-state index contributed by atoms with van der Waals surface area (Å²) < 4.78 is 43.1. The zero-order valence-electron chi connectivity index (χ0n) is 10.7. The maximum absolute atomic E-state index is 12.6. The SMILES string of the molecule is CCNc1cccc(Oc2cccc(C(F)(F)F)c2)n1. The predicted molar refractivity (Wildman–Crippen MR) is 69.9 cm³/mol. The third kappa shape index (κ3) is 3.63. The quantitative estimate of drug-likeness (QED) is 0.906. The first kappa shape index (κ1) is 14.2. The van der Waals surface area contributed by atoms with Gasteiger partial charge in [0.1, 0.15) is 11.6 Å². The lowest BCUT2D eigenvalue weighted by Crippen LogP contribution is -2.04. The fraction of sp³-hybridized carbons (Fsp3) is 0.214. The highest BCUT2D eigenvalue weighted by Crippen LogP contribution is 2.32. The van der Waals surface area contributed by atoms with Crippen molar-refractivity contribution >= 4 is 5.82 Å². The Balaban J connectivity index is 2.19. The molecule has 1 aromatic heterocycles. The van der Waals surface area contributed by atoms with Gasteiger partial charge in [-0.25, -0.2) is 0 Å². The van der Waals surface area contributed by atoms with Crippen molar-refractivity contribution in [1.82, 2.24) is 4.98 Å². The summed E-state index contributed by atoms with van der Waals surface area (Å²) >= 11 is 0. The van der Waals surface area contributed by atoms with Crippen molar-refractivity contribution in [2.24, 2.45) is 0 Å². The van der Waals surface area contributed by atoms with Crippen LogP contribution in [-0.2, 0) is 6.18 Å². The van der Waals surface area contributed by atoms with Crippen LogP contribution in [0.1, 0.15) is 12.5 Å². The van der Waals surface area contributed by atoms with Gasteiger partial charge in [-0.1, -0.05) is 12.1 Å². The van der Waals surface area contributed by atoms with E-state index < -0.39 is 11.7 Å². The minimum atomic E-state index is -4.39. The van der Waals surface area contributed by atoms with Crippen LogP contribution in [0.3, 0.4) is 0 Å². The molecule has 0 spiro atoms. The highest BCUT2D eigenvalue weighted by molar-refractivity contribution is 5.39. The Kier molecular flexibility index (Phi) is 4.12. The molecule has 0 saturated carbocycles. The van der Waals surface area contributed by atoms with E-state index in [9.17, 15) is 13.2 Å². The van der Waals surface area contributed by atoms with E-state index in [1.807, 2.05) is 6.92 Å². The number of benzene rings is 1. The van der Waals surface area contributed by atoms with Crippen molar-refractivity contribution < 1.29 is 17.9 Å². The number of hydrogen-bond donors (Lipinski definition) is 1. The first-order chi connectivity index (χ1) is 9.49. The molecule has 0 saturated heterocycles. The molecule has 0 amide bonds. The van der Waals surface area contributed by atoms with Gasteiger partial charge < -0.3 is 10.1 Å². The molecule has 0 aliphatic rings. The van der Waals surface area contributed by atoms with Gasteiger partial charge in [0.2, 0.25) is 5.88 Å². The number of alkyl halides is 3. The fourth-order valence-corrected chi connectivity index (χ4v) is 1.61. The van der Waals surface area contributed by atoms with E-state index >= 15 is 0 Å². The van der Waals surface area contributed by atoms with E-state index in [-0.39, 0.29) is 11.6 Å². The molecule has 0 fully saturated rings. The van der Waals surface area contributed by atoms with E-state index in [0.717, 1.165) is 12.1 Å². The minimum Gasteiger partial charge on any atom is -0.439 e. The lowest BCUT2D eigenvalue weighted by atomic mass is 10.2. The maximum Gasteiger partial charge on any atom is 0.416 e. The van der Waals surface area contributed by atoms with E-state index in [2.05, 4.69) is 10.3 Å². The summed E-state index contributed by atoms with van der Waals surface area (Å²) in [6, 6.07) is 9.75. The average molecular weight is 282 g/mol. The Morgan fingerprint density at radius 3 is 2.60 bits per heavy atom. The molecule has 0 atom stereocenters. The van der Waals surface area contributed by atoms with E-state index in [0.29, 0.717) is 12.4 Å². The van der Waals surface area contributed by atoms with Crippen molar-refractivity contribution in [3.05, 3.63) is 48.0 Å². The van der Waals surface area contributed by atoms with Crippen molar-refractivity contribution in [3.8, 4) is 11.6 Å². The van der Waals surface area contributed by atoms with Gasteiger partial charge in [0, 0.05) is 12.6 Å². The second-order valence-electron chi connectivity index (χ2n) is 4.02. The summed E-state index contributed by atoms with van der Waals surface area (Å²) in [5, 5.41) is 3.00. The number of hydrogen-bond acceptors (Lipinski definition) is 3. The van der Waals surface area contributed by atoms with Crippen molar-refractivity contribution in [2.45, 2.75) is 13.1 Å². The standard InChI is InChI=1S/C14H13F3N2O/c1-2-18-12-7-4-8-13(19-12)20-11-6-3-5-10(9-11)14(15,16)17/h3-9H,2H2,1H3,(H,18,19). The van der Waals surface area contributed by atoms with Crippen LogP contribution < -0.4 is 10.1 Å². The van der Waals surface area contributed by atoms with Crippen molar-refractivity contribution in [3.63, 3.8) is 0 Å². The molecular weight excluding hydrogens is 269 g/mol. The molecule has 20 heavy (non-hydrogen) atoms. The Bertz CT molecular complexity index is 585. The predicted octanol–water partition coefficient (Wildman–Crippen LogP) is 4.32. The van der Waals surface area contributed by atoms with Gasteiger partial charge in [-0.3, -0.25) is 0 Å². The molecule has 2 rings (SSSR count). The number of ether oxygens (including phenoxy) is 1. The monoisotopic (exact) mass is 282 g/mol. The van der Waals surface area contributed by atoms with Crippen LogP contribution in [0.4, 0.5) is 19.0 Å². The smallest absolute Gasteiger partial charge is 0.416 e. The summed E-state index contributed by atoms with van der Waals surface area (Å²) in [7, 11) is 0. The van der Waals surface area contributed by atoms with Gasteiger partial charge in [0.05, 0.1) is 5.56 Å². The van der Waals surface area contributed by atoms with Crippen LogP contribution in [-0.4, -0.2) is 11.5 Å². The van der Waals surface area contributed by atoms with Crippen LogP contribution in [0, 0.1) is 0 Å². The summed E-state index contributed by atoms with van der Waals surface area (Å²) in [6.07, 6.45) is -4.39. The van der Waals surface area contributed by atoms with Crippen molar-refractivity contribution in [1.29, 1.82) is 0 Å². The van der Waals surface area contributed by atoms with Crippen LogP contribution in [0.2, 0.25) is 0 Å². The number of rotatable bonds is 4. The molecule has 0 radical (unpaired) electrons. The Morgan fingerprint density at radius 1 is 1.15 bits per heavy atom. The first-order valence-corrected chi connectivity index (χ1v) is 6.05. The number of nitrogens with one attached hydrogen (secondary N) is 1. The number of nitrogens with zero attached hydrogens (tertiary/aromatic N) is 1. The van der Waals surface area contributed by atoms with Gasteiger partial charge in [-0.15, -0.1) is 0 Å². The number of aromatic nitrogens is 1. The van der Waals surface area contributed by atoms with E-state index in [4.69, 9.17) is 4.74 Å². The second kappa shape index (κ2) is 5.81. The van der Waals surface area contributed by atoms with Gasteiger partial charge >= 0.3 is 6.18 Å². The van der Waals surface area contributed by atoms with Gasteiger partial charge in [-0.05, 0) is 31.2 Å². The van der Waals surface area contributed by atoms with Crippen LogP contribution in [0.5, 0.6) is 11.6 Å². The molecule has 0 aliphatic carbocycles. The van der Waals surface area contributed by atoms with E-state index in [1.54, 1.807) is 18.2 Å². The van der Waals surface area contributed by atoms with Gasteiger partial charge in [0.15, 0.2) is 0 Å². The molecular formula is C14H13F3N2O. The van der Waals surface area contributed by atoms with Gasteiger partial charge in [0.25, 0.3) is 0 Å². The summed E-state index contributed by atoms with van der Waals surface area (Å²) in [6.45, 7) is 2.61. The molecule has 1 heterocycles. The molecule has 0 aliphatic heterocycles. The third-order valence-corrected chi connectivity index (χ3v) is 2.47. The van der Waals surface area contributed by atoms with E-state index in [1.165, 1.54) is 12.1 Å². The van der Waals surface area contributed by atoms with Crippen LogP contribution in [0.15, 0.2) is 42.5 Å². The molecule has 6 heteroatoms. The highest BCUT2D eigenvalue weighted by atomic mass is 19.4. The van der Waals surface area contributed by atoms with Crippen LogP contribution in [0.25, 0.3) is 0 Å². The minimum absolute atomic E-state index is 0.0981. The Hall–Kier alpha value is -2.24. The zero-order chi connectivity index (χ0) is 14.6. The second-order valence-corrected chi connectivity index (χ2v) is 4.02. The maximum atomic E-state index is 12.6. The lowest BCUT2D eigenvalue weighted by Gasteiger charge is -2.10. The zero-order valence-corrected chi connectivity index (χ0v) is 10.7. The van der Waals surface area contributed by atoms with Gasteiger partial charge in [-0.2, -0.15) is 18.2 Å². The summed E-state index contributed by atoms with van der Waals surface area (Å²) in [4.78, 5) is 4.14. The normalized spacial score (nSPS) is 11.2. The number of pyridine rings is 1. The Labute approximate surface area is 114 Å². The highest BCUT2D eigenvalue weighted by Gasteiger charge is 2.30. The number of halogens is 3. The molecule has 3 nitrogen and oxygen atoms in total. The fourth-order valence-electron chi connectivity index (χ4n) is 1.61. The van der Waals surface area contributed by atoms with Crippen LogP contribution >= 0.6 is 0 Å². The topological polar surface area (TPSA) is 34.1 Å². The molecule has 2 aromatic rings. The molecule has 1 N–H and O–H groups in total. The lowest BCUT2D eigenvalue weighted by molar-refractivity contribution is -0.137. The Morgan fingerprint density at radius 2 is 1.90 bits per heavy atom. The summed E-state index contributed by atoms with van der Waals surface area (Å²) in [5.41, 5.74) is -0.752. The molecule has 0 unspecified atom stereocenters. The summed E-state index contributed by atoms with van der Waals surface area (Å²) in [5.74, 6) is 0.945. The van der Waals surface area contributed by atoms with Crippen molar-refractivity contribution in [2.75, 3.05) is 11.9 Å². The first-order valence-electron chi connectivity index (χ1n) is 6.05.